The van der Waals surface area contributed by atoms with Crippen molar-refractivity contribution >= 4 is 29.7 Å². The molecule has 2 aromatic heterocycles. The molecule has 0 unspecified atom stereocenters. The second kappa shape index (κ2) is 6.32. The maximum atomic E-state index is 11.7. The highest BCUT2D eigenvalue weighted by Crippen LogP contribution is 1.97. The van der Waals surface area contributed by atoms with Crippen molar-refractivity contribution in [2.24, 2.45) is 12.1 Å². The summed E-state index contributed by atoms with van der Waals surface area (Å²) in [5.74, 6) is -0.238. The summed E-state index contributed by atoms with van der Waals surface area (Å²) in [4.78, 5) is 16.3. The van der Waals surface area contributed by atoms with Crippen LogP contribution in [-0.2, 0) is 7.05 Å². The van der Waals surface area contributed by atoms with Gasteiger partial charge < -0.3 is 4.57 Å². The van der Waals surface area contributed by atoms with Crippen molar-refractivity contribution in [1.29, 1.82) is 0 Å². The number of amides is 1. The lowest BCUT2D eigenvalue weighted by Crippen LogP contribution is -2.23. The van der Waals surface area contributed by atoms with E-state index in [9.17, 15) is 4.79 Å². The van der Waals surface area contributed by atoms with Gasteiger partial charge in [-0.15, -0.1) is 28.8 Å². The minimum atomic E-state index is -0.238. The van der Waals surface area contributed by atoms with Crippen molar-refractivity contribution in [1.82, 2.24) is 15.0 Å². The first-order valence-corrected chi connectivity index (χ1v) is 5.91. The summed E-state index contributed by atoms with van der Waals surface area (Å²) in [5.41, 5.74) is 4.16. The summed E-state index contributed by atoms with van der Waals surface area (Å²) >= 11 is 1.48. The lowest BCUT2D eigenvalue weighted by Gasteiger charge is -1.98. The Morgan fingerprint density at radius 2 is 2.11 bits per heavy atom. The van der Waals surface area contributed by atoms with E-state index in [-0.39, 0.29) is 18.3 Å². The van der Waals surface area contributed by atoms with Crippen LogP contribution in [0.15, 0.2) is 35.0 Å². The van der Waals surface area contributed by atoms with E-state index in [1.165, 1.54) is 11.3 Å². The number of carbonyl (C=O) groups is 1. The van der Waals surface area contributed by atoms with E-state index in [2.05, 4.69) is 15.5 Å². The van der Waals surface area contributed by atoms with Gasteiger partial charge in [0.1, 0.15) is 0 Å². The Kier molecular flexibility index (Phi) is 5.06. The first-order valence-electron chi connectivity index (χ1n) is 5.03. The molecule has 18 heavy (non-hydrogen) atoms. The fraction of sp³-hybridized carbons (Fsp3) is 0.182. The summed E-state index contributed by atoms with van der Waals surface area (Å²) in [5, 5.41) is 6.05. The minimum Gasteiger partial charge on any atom is -0.323 e. The quantitative estimate of drug-likeness (QED) is 0.849. The van der Waals surface area contributed by atoms with Gasteiger partial charge in [-0.1, -0.05) is 0 Å². The first kappa shape index (κ1) is 14.4. The van der Waals surface area contributed by atoms with Crippen molar-refractivity contribution in [3.8, 4) is 0 Å². The van der Waals surface area contributed by atoms with Gasteiger partial charge in [0, 0.05) is 36.1 Å². The van der Waals surface area contributed by atoms with Crippen molar-refractivity contribution < 1.29 is 4.79 Å². The second-order valence-corrected chi connectivity index (χ2v) is 4.34. The largest absolute Gasteiger partial charge is 0.323 e. The van der Waals surface area contributed by atoms with Gasteiger partial charge >= 0.3 is 0 Å². The highest BCUT2D eigenvalue weighted by atomic mass is 35.5. The monoisotopic (exact) mass is 284 g/mol. The van der Waals surface area contributed by atoms with Crippen molar-refractivity contribution in [3.63, 3.8) is 0 Å². The molecule has 1 N–H and O–H groups in total. The average molecular weight is 285 g/mol. The molecule has 0 saturated heterocycles. The van der Waals surface area contributed by atoms with Crippen LogP contribution in [-0.4, -0.2) is 15.5 Å². The minimum absolute atomic E-state index is 0. The molecule has 0 aromatic carbocycles. The molecule has 0 spiro atoms. The summed E-state index contributed by atoms with van der Waals surface area (Å²) in [6.07, 6.45) is 3.15. The van der Waals surface area contributed by atoms with Crippen LogP contribution in [0.25, 0.3) is 0 Å². The smallest absolute Gasteiger partial charge is 0.271 e. The normalized spacial score (nSPS) is 10.9. The molecule has 0 atom stereocenters. The molecular weight excluding hydrogens is 272 g/mol. The fourth-order valence-corrected chi connectivity index (χ4v) is 2.05. The summed E-state index contributed by atoms with van der Waals surface area (Å²) in [7, 11) is 1.91. The zero-order valence-corrected chi connectivity index (χ0v) is 11.6. The van der Waals surface area contributed by atoms with Gasteiger partial charge in [0.2, 0.25) is 4.80 Å². The molecule has 0 aliphatic rings. The van der Waals surface area contributed by atoms with Gasteiger partial charge in [-0.05, 0) is 19.1 Å². The van der Waals surface area contributed by atoms with E-state index in [0.717, 1.165) is 10.5 Å². The van der Waals surface area contributed by atoms with Crippen LogP contribution in [0.2, 0.25) is 0 Å². The molecule has 5 nitrogen and oxygen atoms in total. The van der Waals surface area contributed by atoms with E-state index < -0.39 is 0 Å². The first-order chi connectivity index (χ1) is 8.18. The molecule has 0 bridgehead atoms. The van der Waals surface area contributed by atoms with E-state index >= 15 is 0 Å². The van der Waals surface area contributed by atoms with Gasteiger partial charge in [-0.25, -0.2) is 5.43 Å². The maximum absolute atomic E-state index is 11.7. The van der Waals surface area contributed by atoms with Crippen molar-refractivity contribution in [2.75, 3.05) is 0 Å². The average Bonchev–Trinajstić information content (AvgIpc) is 2.68. The van der Waals surface area contributed by atoms with Crippen LogP contribution in [0.3, 0.4) is 0 Å². The summed E-state index contributed by atoms with van der Waals surface area (Å²) in [6, 6.07) is 3.29. The van der Waals surface area contributed by atoms with Gasteiger partial charge in [-0.2, -0.15) is 0 Å². The highest BCUT2D eigenvalue weighted by molar-refractivity contribution is 7.07. The zero-order valence-electron chi connectivity index (χ0n) is 9.95. The number of hydrogen-bond acceptors (Lipinski definition) is 4. The molecule has 0 aliphatic carbocycles. The lowest BCUT2D eigenvalue weighted by atomic mass is 10.3. The summed E-state index contributed by atoms with van der Waals surface area (Å²) in [6.45, 7) is 1.99. The number of aryl methyl sites for hydroxylation is 1. The van der Waals surface area contributed by atoms with E-state index in [0.29, 0.717) is 5.56 Å². The second-order valence-electron chi connectivity index (χ2n) is 3.51. The van der Waals surface area contributed by atoms with E-state index in [1.54, 1.807) is 24.5 Å². The molecule has 0 fully saturated rings. The molecule has 0 aliphatic heterocycles. The molecule has 2 heterocycles. The van der Waals surface area contributed by atoms with Crippen LogP contribution in [0.1, 0.15) is 16.1 Å². The molecule has 2 aromatic rings. The third-order valence-electron chi connectivity index (χ3n) is 2.35. The lowest BCUT2D eigenvalue weighted by molar-refractivity contribution is 0.0953. The number of aromatic nitrogens is 2. The number of hydrogen-bond donors (Lipinski definition) is 1. The highest BCUT2D eigenvalue weighted by Gasteiger charge is 2.03. The third kappa shape index (κ3) is 3.18. The van der Waals surface area contributed by atoms with E-state index in [1.807, 2.05) is 23.9 Å². The molecule has 1 amide bonds. The van der Waals surface area contributed by atoms with Crippen LogP contribution in [0, 0.1) is 6.92 Å². The SMILES string of the molecule is Cc1cs/c(=N/NC(=O)c2ccncc2)n1C.Cl. The molecule has 7 heteroatoms. The Labute approximate surface area is 115 Å². The number of rotatable bonds is 2. The molecule has 96 valence electrons. The Morgan fingerprint density at radius 1 is 1.44 bits per heavy atom. The Morgan fingerprint density at radius 3 is 2.67 bits per heavy atom. The zero-order chi connectivity index (χ0) is 12.3. The van der Waals surface area contributed by atoms with Crippen LogP contribution < -0.4 is 10.2 Å². The van der Waals surface area contributed by atoms with E-state index in [4.69, 9.17) is 0 Å². The Hall–Kier alpha value is -1.66. The fourth-order valence-electron chi connectivity index (χ4n) is 1.21. The third-order valence-corrected chi connectivity index (χ3v) is 3.38. The number of carbonyl (C=O) groups excluding carboxylic acids is 1. The number of nitrogens with one attached hydrogen (secondary N) is 1. The number of thiazole rings is 1. The van der Waals surface area contributed by atoms with Gasteiger partial charge in [0.25, 0.3) is 5.91 Å². The number of halogens is 1. The van der Waals surface area contributed by atoms with Crippen molar-refractivity contribution in [2.45, 2.75) is 6.92 Å². The Balaban J connectivity index is 0.00000162. The van der Waals surface area contributed by atoms with Crippen LogP contribution in [0.4, 0.5) is 0 Å². The number of nitrogens with zero attached hydrogens (tertiary/aromatic N) is 3. The predicted molar refractivity (Wildman–Crippen MR) is 72.5 cm³/mol. The Bertz CT molecular complexity index is 591. The predicted octanol–water partition coefficient (Wildman–Crippen LogP) is 1.46. The van der Waals surface area contributed by atoms with Crippen LogP contribution >= 0.6 is 23.7 Å². The van der Waals surface area contributed by atoms with Crippen LogP contribution in [0.5, 0.6) is 0 Å². The molecule has 0 radical (unpaired) electrons. The van der Waals surface area contributed by atoms with Gasteiger partial charge in [0.15, 0.2) is 0 Å². The molecule has 0 saturated carbocycles. The molecule has 2 rings (SSSR count). The summed E-state index contributed by atoms with van der Waals surface area (Å²) < 4.78 is 1.91. The van der Waals surface area contributed by atoms with Gasteiger partial charge in [0.05, 0.1) is 0 Å². The van der Waals surface area contributed by atoms with Crippen molar-refractivity contribution in [3.05, 3.63) is 46.0 Å². The number of pyridine rings is 1. The topological polar surface area (TPSA) is 59.3 Å². The molecular formula is C11H13ClN4OS. The maximum Gasteiger partial charge on any atom is 0.271 e. The van der Waals surface area contributed by atoms with Gasteiger partial charge in [-0.3, -0.25) is 9.78 Å². The standard InChI is InChI=1S/C11H12N4OS.ClH/c1-8-7-17-11(15(8)2)14-13-10(16)9-3-5-12-6-4-9;/h3-7H,1-2H3,(H,13,16);1H/b14-11+;.